The van der Waals surface area contributed by atoms with Gasteiger partial charge in [-0.3, -0.25) is 24.0 Å². The lowest BCUT2D eigenvalue weighted by atomic mass is 10.1. The van der Waals surface area contributed by atoms with E-state index in [-0.39, 0.29) is 25.7 Å². The molecule has 0 bridgehead atoms. The van der Waals surface area contributed by atoms with Gasteiger partial charge in [-0.1, -0.05) is 0 Å². The van der Waals surface area contributed by atoms with Gasteiger partial charge in [-0.05, 0) is 12.8 Å². The number of amides is 4. The van der Waals surface area contributed by atoms with E-state index in [1.54, 1.807) is 0 Å². The molecule has 0 radical (unpaired) electrons. The van der Waals surface area contributed by atoms with Crippen LogP contribution in [0.2, 0.25) is 0 Å². The van der Waals surface area contributed by atoms with Gasteiger partial charge in [-0.25, -0.2) is 0 Å². The number of aliphatic carboxylic acids is 1. The Morgan fingerprint density at radius 2 is 1.43 bits per heavy atom. The summed E-state index contributed by atoms with van der Waals surface area (Å²) in [5.41, 5.74) is 15.5. The summed E-state index contributed by atoms with van der Waals surface area (Å²) in [6, 6.07) is -2.25. The molecule has 0 aromatic rings. The Morgan fingerprint density at radius 1 is 0.913 bits per heavy atom. The minimum absolute atomic E-state index is 0.0134. The van der Waals surface area contributed by atoms with E-state index in [1.807, 2.05) is 0 Å². The van der Waals surface area contributed by atoms with Crippen LogP contribution in [-0.4, -0.2) is 53.3 Å². The van der Waals surface area contributed by atoms with Crippen molar-refractivity contribution >= 4 is 29.6 Å². The van der Waals surface area contributed by atoms with Gasteiger partial charge < -0.3 is 32.9 Å². The quantitative estimate of drug-likeness (QED) is 0.225. The molecule has 4 amide bonds. The average molecular weight is 331 g/mol. The number of hydrogen-bond acceptors (Lipinski definition) is 6. The highest BCUT2D eigenvalue weighted by atomic mass is 16.4. The van der Waals surface area contributed by atoms with Crippen LogP contribution in [0.25, 0.3) is 0 Å². The Balaban J connectivity index is 4.68. The first-order chi connectivity index (χ1) is 10.6. The molecular weight excluding hydrogens is 310 g/mol. The van der Waals surface area contributed by atoms with E-state index in [0.29, 0.717) is 0 Å². The van der Waals surface area contributed by atoms with Crippen molar-refractivity contribution in [3.63, 3.8) is 0 Å². The third-order valence-electron chi connectivity index (χ3n) is 2.76. The van der Waals surface area contributed by atoms with E-state index in [1.165, 1.54) is 0 Å². The van der Waals surface area contributed by atoms with Gasteiger partial charge in [0.15, 0.2) is 0 Å². The molecule has 0 saturated heterocycles. The predicted octanol–water partition coefficient (Wildman–Crippen LogP) is -3.47. The first-order valence-corrected chi connectivity index (χ1v) is 6.75. The van der Waals surface area contributed by atoms with Crippen LogP contribution in [-0.2, 0) is 24.0 Å². The minimum Gasteiger partial charge on any atom is -0.480 e. The fourth-order valence-corrected chi connectivity index (χ4v) is 1.55. The summed E-state index contributed by atoms with van der Waals surface area (Å²) in [6.07, 6.45) is -0.427. The molecule has 11 nitrogen and oxygen atoms in total. The average Bonchev–Trinajstić information content (AvgIpc) is 2.45. The highest BCUT2D eigenvalue weighted by Crippen LogP contribution is 2.00. The molecule has 0 aromatic carbocycles. The standard InChI is InChI=1S/C12H21N5O6/c13-6(1-3-8(14)18)11(22)17-7(2-4-9(15)19)12(23)16-5-10(20)21/h6-7H,1-5,13H2,(H2,14,18)(H2,15,19)(H,16,23)(H,17,22)(H,20,21). The molecule has 2 atom stereocenters. The van der Waals surface area contributed by atoms with Crippen LogP contribution in [0.15, 0.2) is 0 Å². The van der Waals surface area contributed by atoms with Crippen LogP contribution < -0.4 is 27.8 Å². The van der Waals surface area contributed by atoms with Gasteiger partial charge in [0.1, 0.15) is 12.6 Å². The van der Waals surface area contributed by atoms with Gasteiger partial charge in [0.2, 0.25) is 23.6 Å². The van der Waals surface area contributed by atoms with Gasteiger partial charge >= 0.3 is 5.97 Å². The summed E-state index contributed by atoms with van der Waals surface area (Å²) >= 11 is 0. The number of carboxylic acids is 1. The van der Waals surface area contributed by atoms with Crippen molar-refractivity contribution in [2.45, 2.75) is 37.8 Å². The lowest BCUT2D eigenvalue weighted by molar-refractivity contribution is -0.138. The third kappa shape index (κ3) is 9.79. The maximum Gasteiger partial charge on any atom is 0.322 e. The number of carboxylic acid groups (broad SMARTS) is 1. The van der Waals surface area contributed by atoms with Gasteiger partial charge in [0.25, 0.3) is 0 Å². The van der Waals surface area contributed by atoms with Crippen molar-refractivity contribution in [2.75, 3.05) is 6.54 Å². The summed E-state index contributed by atoms with van der Waals surface area (Å²) in [7, 11) is 0. The van der Waals surface area contributed by atoms with Crippen molar-refractivity contribution in [2.24, 2.45) is 17.2 Å². The molecule has 0 heterocycles. The lowest BCUT2D eigenvalue weighted by Gasteiger charge is -2.19. The Kier molecular flexibility index (Phi) is 8.92. The Morgan fingerprint density at radius 3 is 1.91 bits per heavy atom. The Hall–Kier alpha value is -2.69. The van der Waals surface area contributed by atoms with Gasteiger partial charge in [0, 0.05) is 12.8 Å². The molecule has 0 saturated carbocycles. The molecule has 0 aromatic heterocycles. The minimum atomic E-state index is -1.27. The van der Waals surface area contributed by atoms with E-state index in [4.69, 9.17) is 22.3 Å². The summed E-state index contributed by atoms with van der Waals surface area (Å²) in [5.74, 6) is -4.10. The molecular formula is C12H21N5O6. The number of rotatable bonds is 11. The Bertz CT molecular complexity index is 481. The van der Waals surface area contributed by atoms with Crippen LogP contribution >= 0.6 is 0 Å². The molecule has 0 rings (SSSR count). The Labute approximate surface area is 131 Å². The smallest absolute Gasteiger partial charge is 0.322 e. The van der Waals surface area contributed by atoms with Gasteiger partial charge in [0.05, 0.1) is 6.04 Å². The van der Waals surface area contributed by atoms with Crippen LogP contribution in [0.5, 0.6) is 0 Å². The van der Waals surface area contributed by atoms with Crippen molar-refractivity contribution in [3.8, 4) is 0 Å². The highest BCUT2D eigenvalue weighted by molar-refractivity contribution is 5.91. The summed E-state index contributed by atoms with van der Waals surface area (Å²) in [5, 5.41) is 12.9. The molecule has 0 spiro atoms. The zero-order valence-corrected chi connectivity index (χ0v) is 12.4. The molecule has 9 N–H and O–H groups in total. The second kappa shape index (κ2) is 10.1. The second-order valence-corrected chi connectivity index (χ2v) is 4.79. The first-order valence-electron chi connectivity index (χ1n) is 6.75. The predicted molar refractivity (Wildman–Crippen MR) is 77.4 cm³/mol. The molecule has 0 aliphatic carbocycles. The number of nitrogens with two attached hydrogens (primary N) is 3. The number of primary amides is 2. The molecule has 0 fully saturated rings. The summed E-state index contributed by atoms with van der Waals surface area (Å²) in [6.45, 7) is -0.643. The second-order valence-electron chi connectivity index (χ2n) is 4.79. The maximum absolute atomic E-state index is 11.9. The van der Waals surface area contributed by atoms with Crippen LogP contribution in [0, 0.1) is 0 Å². The molecule has 11 heteroatoms. The molecule has 130 valence electrons. The van der Waals surface area contributed by atoms with E-state index >= 15 is 0 Å². The van der Waals surface area contributed by atoms with Crippen LogP contribution in [0.4, 0.5) is 0 Å². The normalized spacial score (nSPS) is 12.7. The van der Waals surface area contributed by atoms with Crippen LogP contribution in [0.1, 0.15) is 25.7 Å². The van der Waals surface area contributed by atoms with E-state index in [2.05, 4.69) is 10.6 Å². The largest absolute Gasteiger partial charge is 0.480 e. The molecule has 23 heavy (non-hydrogen) atoms. The number of carbonyl (C=O) groups is 5. The highest BCUT2D eigenvalue weighted by Gasteiger charge is 2.24. The number of nitrogens with one attached hydrogen (secondary N) is 2. The molecule has 2 unspecified atom stereocenters. The molecule has 0 aliphatic heterocycles. The fraction of sp³-hybridized carbons (Fsp3) is 0.583. The van der Waals surface area contributed by atoms with Crippen molar-refractivity contribution in [1.82, 2.24) is 10.6 Å². The SMILES string of the molecule is NC(=O)CCC(N)C(=O)NC(CCC(N)=O)C(=O)NCC(=O)O. The van der Waals surface area contributed by atoms with Crippen molar-refractivity contribution in [1.29, 1.82) is 0 Å². The van der Waals surface area contributed by atoms with E-state index in [0.717, 1.165) is 0 Å². The summed E-state index contributed by atoms with van der Waals surface area (Å²) < 4.78 is 0. The maximum atomic E-state index is 11.9. The topological polar surface area (TPSA) is 208 Å². The van der Waals surface area contributed by atoms with E-state index in [9.17, 15) is 24.0 Å². The van der Waals surface area contributed by atoms with E-state index < -0.39 is 48.2 Å². The lowest BCUT2D eigenvalue weighted by Crippen LogP contribution is -2.52. The third-order valence-corrected chi connectivity index (χ3v) is 2.76. The summed E-state index contributed by atoms with van der Waals surface area (Å²) in [4.78, 5) is 55.6. The zero-order chi connectivity index (χ0) is 18.0. The van der Waals surface area contributed by atoms with Crippen molar-refractivity contribution in [3.05, 3.63) is 0 Å². The van der Waals surface area contributed by atoms with Crippen LogP contribution in [0.3, 0.4) is 0 Å². The van der Waals surface area contributed by atoms with Gasteiger partial charge in [-0.15, -0.1) is 0 Å². The monoisotopic (exact) mass is 331 g/mol. The van der Waals surface area contributed by atoms with Crippen molar-refractivity contribution < 1.29 is 29.1 Å². The molecule has 0 aliphatic rings. The number of carbonyl (C=O) groups excluding carboxylic acids is 4. The zero-order valence-electron chi connectivity index (χ0n) is 12.4. The first kappa shape index (κ1) is 20.3. The fourth-order valence-electron chi connectivity index (χ4n) is 1.55. The van der Waals surface area contributed by atoms with Gasteiger partial charge in [-0.2, -0.15) is 0 Å². The number of hydrogen-bond donors (Lipinski definition) is 6.